The molecule has 23 heavy (non-hydrogen) atoms. The van der Waals surface area contributed by atoms with Crippen molar-refractivity contribution in [3.63, 3.8) is 0 Å². The van der Waals surface area contributed by atoms with Crippen molar-refractivity contribution in [1.82, 2.24) is 15.3 Å². The number of amides is 1. The second-order valence-corrected chi connectivity index (χ2v) is 4.75. The predicted octanol–water partition coefficient (Wildman–Crippen LogP) is 3.17. The summed E-state index contributed by atoms with van der Waals surface area (Å²) in [6, 6.07) is 1.82. The van der Waals surface area contributed by atoms with Crippen molar-refractivity contribution < 1.29 is 18.0 Å². The van der Waals surface area contributed by atoms with Crippen LogP contribution in [0.4, 0.5) is 24.8 Å². The van der Waals surface area contributed by atoms with E-state index in [1.807, 2.05) is 6.92 Å². The molecule has 122 valence electrons. The van der Waals surface area contributed by atoms with Gasteiger partial charge in [0.05, 0.1) is 11.3 Å². The Morgan fingerprint density at radius 3 is 2.48 bits per heavy atom. The van der Waals surface area contributed by atoms with Crippen molar-refractivity contribution in [2.24, 2.45) is 0 Å². The molecule has 0 saturated carbocycles. The summed E-state index contributed by atoms with van der Waals surface area (Å²) in [7, 11) is 0. The number of hydrogen-bond acceptors (Lipinski definition) is 4. The summed E-state index contributed by atoms with van der Waals surface area (Å²) in [4.78, 5) is 19.5. The second-order valence-electron chi connectivity index (χ2n) is 4.75. The monoisotopic (exact) mass is 324 g/mol. The molecule has 0 radical (unpaired) electrons. The fraction of sp³-hybridized carbons (Fsp3) is 0.267. The van der Waals surface area contributed by atoms with Gasteiger partial charge in [-0.25, -0.2) is 23.1 Å². The first-order valence-corrected chi connectivity index (χ1v) is 7.03. The fourth-order valence-corrected chi connectivity index (χ4v) is 1.73. The van der Waals surface area contributed by atoms with E-state index in [4.69, 9.17) is 0 Å². The topological polar surface area (TPSA) is 66.9 Å². The summed E-state index contributed by atoms with van der Waals surface area (Å²) in [5.74, 6) is -4.59. The van der Waals surface area contributed by atoms with E-state index in [0.29, 0.717) is 6.54 Å². The van der Waals surface area contributed by atoms with Crippen LogP contribution >= 0.6 is 0 Å². The average molecular weight is 324 g/mol. The highest BCUT2D eigenvalue weighted by Gasteiger charge is 2.14. The van der Waals surface area contributed by atoms with Crippen molar-refractivity contribution in [2.45, 2.75) is 19.8 Å². The van der Waals surface area contributed by atoms with Crippen LogP contribution in [-0.2, 0) is 0 Å². The van der Waals surface area contributed by atoms with Gasteiger partial charge in [-0.2, -0.15) is 0 Å². The van der Waals surface area contributed by atoms with E-state index in [2.05, 4.69) is 20.6 Å². The Balaban J connectivity index is 2.06. The summed E-state index contributed by atoms with van der Waals surface area (Å²) >= 11 is 0. The van der Waals surface area contributed by atoms with Gasteiger partial charge in [-0.15, -0.1) is 0 Å². The van der Waals surface area contributed by atoms with Gasteiger partial charge in [0.15, 0.2) is 17.5 Å². The van der Waals surface area contributed by atoms with E-state index in [9.17, 15) is 18.0 Å². The Hall–Kier alpha value is -2.64. The molecule has 0 saturated heterocycles. The third-order valence-electron chi connectivity index (χ3n) is 3.01. The molecule has 1 aromatic heterocycles. The third-order valence-corrected chi connectivity index (χ3v) is 3.01. The molecule has 0 fully saturated rings. The van der Waals surface area contributed by atoms with Gasteiger partial charge >= 0.3 is 0 Å². The molecule has 0 bridgehead atoms. The van der Waals surface area contributed by atoms with Gasteiger partial charge in [-0.3, -0.25) is 4.79 Å². The number of nitrogens with one attached hydrogen (secondary N) is 2. The zero-order valence-electron chi connectivity index (χ0n) is 12.4. The van der Waals surface area contributed by atoms with Crippen molar-refractivity contribution in [2.75, 3.05) is 11.9 Å². The van der Waals surface area contributed by atoms with E-state index >= 15 is 0 Å². The Morgan fingerprint density at radius 2 is 1.83 bits per heavy atom. The van der Waals surface area contributed by atoms with Gasteiger partial charge < -0.3 is 10.6 Å². The first kappa shape index (κ1) is 16.7. The molecule has 8 heteroatoms. The highest BCUT2D eigenvalue weighted by atomic mass is 19.2. The highest BCUT2D eigenvalue weighted by Crippen LogP contribution is 2.21. The maximum Gasteiger partial charge on any atom is 0.254 e. The first-order chi connectivity index (χ1) is 11.0. The SMILES string of the molecule is CCCCNC(=O)c1cnc(Nc2ccc(F)c(F)c2F)nc1. The summed E-state index contributed by atoms with van der Waals surface area (Å²) < 4.78 is 39.5. The van der Waals surface area contributed by atoms with Crippen LogP contribution < -0.4 is 10.6 Å². The lowest BCUT2D eigenvalue weighted by Crippen LogP contribution is -2.24. The van der Waals surface area contributed by atoms with Crippen molar-refractivity contribution in [3.05, 3.63) is 47.5 Å². The number of rotatable bonds is 6. The highest BCUT2D eigenvalue weighted by molar-refractivity contribution is 5.93. The van der Waals surface area contributed by atoms with Crippen LogP contribution in [0, 0.1) is 17.5 Å². The lowest BCUT2D eigenvalue weighted by atomic mass is 10.3. The van der Waals surface area contributed by atoms with Crippen LogP contribution in [0.15, 0.2) is 24.5 Å². The van der Waals surface area contributed by atoms with Gasteiger partial charge in [-0.05, 0) is 18.6 Å². The van der Waals surface area contributed by atoms with Crippen LogP contribution in [0.1, 0.15) is 30.1 Å². The molecule has 2 aromatic rings. The number of benzene rings is 1. The van der Waals surface area contributed by atoms with Crippen molar-refractivity contribution in [1.29, 1.82) is 0 Å². The Labute approximate surface area is 131 Å². The van der Waals surface area contributed by atoms with E-state index in [-0.39, 0.29) is 23.1 Å². The average Bonchev–Trinajstić information content (AvgIpc) is 2.56. The van der Waals surface area contributed by atoms with E-state index in [1.165, 1.54) is 12.4 Å². The predicted molar refractivity (Wildman–Crippen MR) is 78.9 cm³/mol. The molecule has 0 atom stereocenters. The van der Waals surface area contributed by atoms with Crippen molar-refractivity contribution >= 4 is 17.5 Å². The van der Waals surface area contributed by atoms with Crippen LogP contribution in [-0.4, -0.2) is 22.4 Å². The number of carbonyl (C=O) groups excluding carboxylic acids is 1. The van der Waals surface area contributed by atoms with E-state index in [0.717, 1.165) is 25.0 Å². The molecule has 0 aliphatic heterocycles. The van der Waals surface area contributed by atoms with Crippen LogP contribution in [0.3, 0.4) is 0 Å². The fourth-order valence-electron chi connectivity index (χ4n) is 1.73. The molecular formula is C15H15F3N4O. The van der Waals surface area contributed by atoms with Gasteiger partial charge in [0.25, 0.3) is 5.91 Å². The number of anilines is 2. The Kier molecular flexibility index (Phi) is 5.51. The molecule has 1 aromatic carbocycles. The van der Waals surface area contributed by atoms with Gasteiger partial charge in [-0.1, -0.05) is 13.3 Å². The summed E-state index contributed by atoms with van der Waals surface area (Å²) in [5.41, 5.74) is -0.0542. The lowest BCUT2D eigenvalue weighted by molar-refractivity contribution is 0.0952. The minimum atomic E-state index is -1.58. The maximum absolute atomic E-state index is 13.5. The molecule has 0 unspecified atom stereocenters. The van der Waals surface area contributed by atoms with E-state index < -0.39 is 17.5 Å². The van der Waals surface area contributed by atoms with Crippen LogP contribution in [0.5, 0.6) is 0 Å². The van der Waals surface area contributed by atoms with Crippen LogP contribution in [0.2, 0.25) is 0 Å². The minimum Gasteiger partial charge on any atom is -0.352 e. The van der Waals surface area contributed by atoms with Crippen molar-refractivity contribution in [3.8, 4) is 0 Å². The minimum absolute atomic E-state index is 0.0417. The third kappa shape index (κ3) is 4.18. The number of carbonyl (C=O) groups is 1. The molecular weight excluding hydrogens is 309 g/mol. The Morgan fingerprint density at radius 1 is 1.13 bits per heavy atom. The molecule has 2 rings (SSSR count). The zero-order valence-corrected chi connectivity index (χ0v) is 12.4. The Bertz CT molecular complexity index is 692. The molecule has 0 spiro atoms. The first-order valence-electron chi connectivity index (χ1n) is 7.03. The standard InChI is InChI=1S/C15H15F3N4O/c1-2-3-6-19-14(23)9-7-20-15(21-8-9)22-11-5-4-10(16)12(17)13(11)18/h4-5,7-8H,2-3,6H2,1H3,(H,19,23)(H,20,21,22). The molecule has 0 aliphatic rings. The smallest absolute Gasteiger partial charge is 0.254 e. The number of nitrogens with zero attached hydrogens (tertiary/aromatic N) is 2. The van der Waals surface area contributed by atoms with Gasteiger partial charge in [0, 0.05) is 18.9 Å². The normalized spacial score (nSPS) is 10.4. The van der Waals surface area contributed by atoms with Crippen LogP contribution in [0.25, 0.3) is 0 Å². The molecule has 0 aliphatic carbocycles. The summed E-state index contributed by atoms with van der Waals surface area (Å²) in [5, 5.41) is 5.12. The van der Waals surface area contributed by atoms with Gasteiger partial charge in [0.1, 0.15) is 0 Å². The summed E-state index contributed by atoms with van der Waals surface area (Å²) in [6.45, 7) is 2.56. The number of unbranched alkanes of at least 4 members (excludes halogenated alkanes) is 1. The molecule has 5 nitrogen and oxygen atoms in total. The number of hydrogen-bond donors (Lipinski definition) is 2. The molecule has 1 heterocycles. The quantitative estimate of drug-likeness (QED) is 0.633. The lowest BCUT2D eigenvalue weighted by Gasteiger charge is -2.08. The number of halogens is 3. The summed E-state index contributed by atoms with van der Waals surface area (Å²) in [6.07, 6.45) is 4.34. The van der Waals surface area contributed by atoms with Gasteiger partial charge in [0.2, 0.25) is 5.95 Å². The largest absolute Gasteiger partial charge is 0.352 e. The second kappa shape index (κ2) is 7.57. The maximum atomic E-state index is 13.5. The molecule has 1 amide bonds. The molecule has 2 N–H and O–H groups in total. The van der Waals surface area contributed by atoms with E-state index in [1.54, 1.807) is 0 Å². The zero-order chi connectivity index (χ0) is 16.8. The number of aromatic nitrogens is 2.